The first-order valence-corrected chi connectivity index (χ1v) is 7.98. The Hall–Kier alpha value is -2.01. The second-order valence-electron chi connectivity index (χ2n) is 4.75. The summed E-state index contributed by atoms with van der Waals surface area (Å²) in [6.45, 7) is 0. The summed E-state index contributed by atoms with van der Waals surface area (Å²) in [4.78, 5) is 0.309. The fraction of sp³-hybridized carbons (Fsp3) is 0.200. The molecule has 5 heteroatoms. The van der Waals surface area contributed by atoms with E-state index in [0.717, 1.165) is 5.56 Å². The van der Waals surface area contributed by atoms with Gasteiger partial charge in [-0.3, -0.25) is 0 Å². The number of benzene rings is 2. The molecule has 0 fully saturated rings. The van der Waals surface area contributed by atoms with E-state index in [2.05, 4.69) is 5.32 Å². The number of methoxy groups -OCH3 is 1. The van der Waals surface area contributed by atoms with E-state index >= 15 is 0 Å². The van der Waals surface area contributed by atoms with Gasteiger partial charge in [0.15, 0.2) is 9.84 Å². The fourth-order valence-corrected chi connectivity index (χ4v) is 4.06. The first-order valence-electron chi connectivity index (χ1n) is 6.32. The van der Waals surface area contributed by atoms with Gasteiger partial charge in [0.1, 0.15) is 5.75 Å². The Morgan fingerprint density at radius 2 is 1.90 bits per heavy atom. The van der Waals surface area contributed by atoms with Crippen molar-refractivity contribution >= 4 is 15.5 Å². The maximum Gasteiger partial charge on any atom is 0.182 e. The fourth-order valence-electron chi connectivity index (χ4n) is 2.41. The van der Waals surface area contributed by atoms with Crippen molar-refractivity contribution in [2.45, 2.75) is 10.9 Å². The van der Waals surface area contributed by atoms with Gasteiger partial charge >= 0.3 is 0 Å². The number of rotatable bonds is 2. The maximum absolute atomic E-state index is 12.4. The van der Waals surface area contributed by atoms with E-state index in [1.807, 2.05) is 30.3 Å². The van der Waals surface area contributed by atoms with Gasteiger partial charge in [-0.25, -0.2) is 8.42 Å². The Labute approximate surface area is 118 Å². The molecular weight excluding hydrogens is 274 g/mol. The normalized spacial score (nSPS) is 19.8. The first kappa shape index (κ1) is 13.0. The van der Waals surface area contributed by atoms with Crippen LogP contribution in [0.4, 0.5) is 5.69 Å². The highest BCUT2D eigenvalue weighted by molar-refractivity contribution is 7.91. The second-order valence-corrected chi connectivity index (χ2v) is 6.75. The second kappa shape index (κ2) is 4.83. The van der Waals surface area contributed by atoms with Crippen molar-refractivity contribution in [3.05, 3.63) is 54.1 Å². The third kappa shape index (κ3) is 2.25. The Morgan fingerprint density at radius 1 is 1.15 bits per heavy atom. The average molecular weight is 289 g/mol. The van der Waals surface area contributed by atoms with E-state index in [1.54, 1.807) is 18.2 Å². The molecule has 3 rings (SSSR count). The summed E-state index contributed by atoms with van der Waals surface area (Å²) in [6.07, 6.45) is 0. The van der Waals surface area contributed by atoms with Crippen molar-refractivity contribution in [1.82, 2.24) is 0 Å². The number of ether oxygens (including phenoxy) is 1. The van der Waals surface area contributed by atoms with Crippen molar-refractivity contribution in [3.63, 3.8) is 0 Å². The SMILES string of the molecule is COc1ccc2c(c1)S(=O)(=O)CC(c1ccccc1)N2. The van der Waals surface area contributed by atoms with Crippen molar-refractivity contribution in [2.75, 3.05) is 18.2 Å². The van der Waals surface area contributed by atoms with Crippen LogP contribution < -0.4 is 10.1 Å². The molecule has 2 aromatic rings. The number of nitrogens with one attached hydrogen (secondary N) is 1. The van der Waals surface area contributed by atoms with Crippen molar-refractivity contribution in [1.29, 1.82) is 0 Å². The van der Waals surface area contributed by atoms with Crippen LogP contribution in [0.1, 0.15) is 11.6 Å². The lowest BCUT2D eigenvalue weighted by molar-refractivity contribution is 0.413. The van der Waals surface area contributed by atoms with Gasteiger partial charge in [0.05, 0.1) is 29.5 Å². The van der Waals surface area contributed by atoms with Crippen LogP contribution in [0.2, 0.25) is 0 Å². The van der Waals surface area contributed by atoms with Gasteiger partial charge in [0.25, 0.3) is 0 Å². The van der Waals surface area contributed by atoms with E-state index in [1.165, 1.54) is 7.11 Å². The smallest absolute Gasteiger partial charge is 0.182 e. The molecule has 104 valence electrons. The van der Waals surface area contributed by atoms with Crippen LogP contribution in [0.15, 0.2) is 53.4 Å². The van der Waals surface area contributed by atoms with Crippen LogP contribution in [-0.2, 0) is 9.84 Å². The van der Waals surface area contributed by atoms with Gasteiger partial charge in [0.2, 0.25) is 0 Å². The zero-order chi connectivity index (χ0) is 14.2. The first-order chi connectivity index (χ1) is 9.60. The molecule has 1 N–H and O–H groups in total. The summed E-state index contributed by atoms with van der Waals surface area (Å²) in [5, 5.41) is 3.29. The zero-order valence-electron chi connectivity index (χ0n) is 11.0. The maximum atomic E-state index is 12.4. The largest absolute Gasteiger partial charge is 0.497 e. The molecule has 1 heterocycles. The van der Waals surface area contributed by atoms with Crippen LogP contribution in [0, 0.1) is 0 Å². The van der Waals surface area contributed by atoms with Crippen molar-refractivity contribution < 1.29 is 13.2 Å². The van der Waals surface area contributed by atoms with Gasteiger partial charge in [-0.1, -0.05) is 30.3 Å². The summed E-state index contributed by atoms with van der Waals surface area (Å²) >= 11 is 0. The summed E-state index contributed by atoms with van der Waals surface area (Å²) in [5.74, 6) is 0.601. The molecule has 1 atom stereocenters. The van der Waals surface area contributed by atoms with E-state index in [4.69, 9.17) is 4.74 Å². The molecule has 0 aromatic heterocycles. The van der Waals surface area contributed by atoms with Crippen LogP contribution in [0.25, 0.3) is 0 Å². The van der Waals surface area contributed by atoms with Gasteiger partial charge in [-0.15, -0.1) is 0 Å². The molecule has 1 unspecified atom stereocenters. The molecule has 0 saturated carbocycles. The number of fused-ring (bicyclic) bond motifs is 1. The highest BCUT2D eigenvalue weighted by atomic mass is 32.2. The van der Waals surface area contributed by atoms with Gasteiger partial charge in [0, 0.05) is 6.07 Å². The Kier molecular flexibility index (Phi) is 3.14. The summed E-state index contributed by atoms with van der Waals surface area (Å²) < 4.78 is 30.0. The summed E-state index contributed by atoms with van der Waals surface area (Å²) in [7, 11) is -1.79. The van der Waals surface area contributed by atoms with E-state index < -0.39 is 9.84 Å². The average Bonchev–Trinajstić information content (AvgIpc) is 2.47. The summed E-state index contributed by atoms with van der Waals surface area (Å²) in [6, 6.07) is 14.5. The molecule has 0 amide bonds. The lowest BCUT2D eigenvalue weighted by Crippen LogP contribution is -2.27. The molecule has 1 aliphatic heterocycles. The molecule has 0 saturated heterocycles. The van der Waals surface area contributed by atoms with Crippen LogP contribution >= 0.6 is 0 Å². The minimum atomic E-state index is -3.31. The molecular formula is C15H15NO3S. The minimum absolute atomic E-state index is 0.0528. The molecule has 4 nitrogen and oxygen atoms in total. The number of anilines is 1. The monoisotopic (exact) mass is 289 g/mol. The van der Waals surface area contributed by atoms with Crippen LogP contribution in [0.5, 0.6) is 5.75 Å². The van der Waals surface area contributed by atoms with Crippen molar-refractivity contribution in [2.24, 2.45) is 0 Å². The van der Waals surface area contributed by atoms with E-state index in [0.29, 0.717) is 16.3 Å². The highest BCUT2D eigenvalue weighted by Crippen LogP contribution is 2.36. The third-order valence-electron chi connectivity index (χ3n) is 3.44. The minimum Gasteiger partial charge on any atom is -0.497 e. The molecule has 20 heavy (non-hydrogen) atoms. The number of hydrogen-bond donors (Lipinski definition) is 1. The summed E-state index contributed by atoms with van der Waals surface area (Å²) in [5.41, 5.74) is 1.60. The predicted octanol–water partition coefficient (Wildman–Crippen LogP) is 2.64. The standard InChI is InChI=1S/C15H15NO3S/c1-19-12-7-8-13-15(9-12)20(17,18)10-14(16-13)11-5-3-2-4-6-11/h2-9,14,16H,10H2,1H3. The molecule has 1 aliphatic rings. The molecule has 0 spiro atoms. The molecule has 2 aromatic carbocycles. The highest BCUT2D eigenvalue weighted by Gasteiger charge is 2.31. The lowest BCUT2D eigenvalue weighted by atomic mass is 10.1. The third-order valence-corrected chi connectivity index (χ3v) is 5.22. The van der Waals surface area contributed by atoms with E-state index in [-0.39, 0.29) is 11.8 Å². The lowest BCUT2D eigenvalue weighted by Gasteiger charge is -2.27. The van der Waals surface area contributed by atoms with Gasteiger partial charge in [-0.2, -0.15) is 0 Å². The van der Waals surface area contributed by atoms with Gasteiger partial charge in [-0.05, 0) is 17.7 Å². The Morgan fingerprint density at radius 3 is 2.60 bits per heavy atom. The Balaban J connectivity index is 2.05. The zero-order valence-corrected chi connectivity index (χ0v) is 11.9. The topological polar surface area (TPSA) is 55.4 Å². The van der Waals surface area contributed by atoms with Crippen LogP contribution in [0.3, 0.4) is 0 Å². The quantitative estimate of drug-likeness (QED) is 0.923. The van der Waals surface area contributed by atoms with E-state index in [9.17, 15) is 8.42 Å². The number of hydrogen-bond acceptors (Lipinski definition) is 4. The molecule has 0 aliphatic carbocycles. The van der Waals surface area contributed by atoms with Gasteiger partial charge < -0.3 is 10.1 Å². The Bertz CT molecular complexity index is 726. The predicted molar refractivity (Wildman–Crippen MR) is 77.9 cm³/mol. The molecule has 0 bridgehead atoms. The van der Waals surface area contributed by atoms with Crippen molar-refractivity contribution in [3.8, 4) is 5.75 Å². The molecule has 0 radical (unpaired) electrons. The number of sulfone groups is 1. The van der Waals surface area contributed by atoms with Crippen LogP contribution in [-0.4, -0.2) is 21.3 Å².